The van der Waals surface area contributed by atoms with Crippen LogP contribution < -0.4 is 10.2 Å². The normalized spacial score (nSPS) is 10.6. The van der Waals surface area contributed by atoms with Crippen LogP contribution >= 0.6 is 0 Å². The van der Waals surface area contributed by atoms with Crippen molar-refractivity contribution < 1.29 is 13.7 Å². The van der Waals surface area contributed by atoms with Crippen LogP contribution in [0.3, 0.4) is 0 Å². The van der Waals surface area contributed by atoms with Gasteiger partial charge in [0.2, 0.25) is 17.6 Å². The van der Waals surface area contributed by atoms with E-state index in [1.165, 1.54) is 12.1 Å². The fourth-order valence-corrected chi connectivity index (χ4v) is 2.36. The minimum absolute atomic E-state index is 0.135. The highest BCUT2D eigenvalue weighted by molar-refractivity contribution is 5.90. The van der Waals surface area contributed by atoms with Crippen molar-refractivity contribution in [3.8, 4) is 11.4 Å². The van der Waals surface area contributed by atoms with Crippen LogP contribution in [0.5, 0.6) is 0 Å². The molecule has 0 aliphatic carbocycles. The molecular formula is C19H19FN4O2. The molecule has 0 saturated heterocycles. The van der Waals surface area contributed by atoms with Gasteiger partial charge in [0.1, 0.15) is 5.82 Å². The Labute approximate surface area is 150 Å². The zero-order valence-electron chi connectivity index (χ0n) is 14.6. The molecule has 0 atom stereocenters. The number of carbonyl (C=O) groups excluding carboxylic acids is 1. The van der Waals surface area contributed by atoms with Crippen molar-refractivity contribution in [2.75, 3.05) is 24.3 Å². The van der Waals surface area contributed by atoms with E-state index in [0.717, 1.165) is 11.4 Å². The summed E-state index contributed by atoms with van der Waals surface area (Å²) in [5, 5.41) is 6.69. The smallest absolute Gasteiger partial charge is 0.227 e. The molecular weight excluding hydrogens is 335 g/mol. The monoisotopic (exact) mass is 354 g/mol. The van der Waals surface area contributed by atoms with E-state index < -0.39 is 0 Å². The van der Waals surface area contributed by atoms with E-state index in [-0.39, 0.29) is 18.1 Å². The number of carbonyl (C=O) groups is 1. The van der Waals surface area contributed by atoms with E-state index in [0.29, 0.717) is 23.7 Å². The van der Waals surface area contributed by atoms with Gasteiger partial charge in [-0.1, -0.05) is 5.16 Å². The van der Waals surface area contributed by atoms with Crippen molar-refractivity contribution in [1.82, 2.24) is 10.1 Å². The van der Waals surface area contributed by atoms with Crippen LogP contribution in [-0.4, -0.2) is 30.1 Å². The van der Waals surface area contributed by atoms with Gasteiger partial charge in [-0.15, -0.1) is 0 Å². The van der Waals surface area contributed by atoms with Gasteiger partial charge >= 0.3 is 0 Å². The third-order valence-corrected chi connectivity index (χ3v) is 3.80. The molecule has 3 rings (SSSR count). The van der Waals surface area contributed by atoms with E-state index >= 15 is 0 Å². The standard InChI is InChI=1S/C19H19FN4O2/c1-24(2)16-9-7-15(8-10-16)21-17(25)11-12-18-22-19(23-26-18)13-3-5-14(20)6-4-13/h3-10H,11-12H2,1-2H3,(H,21,25). The van der Waals surface area contributed by atoms with E-state index in [1.807, 2.05) is 43.3 Å². The first-order valence-corrected chi connectivity index (χ1v) is 8.17. The van der Waals surface area contributed by atoms with Crippen molar-refractivity contribution in [2.45, 2.75) is 12.8 Å². The second-order valence-corrected chi connectivity index (χ2v) is 6.01. The molecule has 0 fully saturated rings. The fraction of sp³-hybridized carbons (Fsp3) is 0.211. The van der Waals surface area contributed by atoms with Gasteiger partial charge < -0.3 is 14.7 Å². The van der Waals surface area contributed by atoms with Crippen LogP contribution in [0.2, 0.25) is 0 Å². The highest BCUT2D eigenvalue weighted by Gasteiger charge is 2.11. The zero-order chi connectivity index (χ0) is 18.5. The van der Waals surface area contributed by atoms with Crippen molar-refractivity contribution >= 4 is 17.3 Å². The highest BCUT2D eigenvalue weighted by atomic mass is 19.1. The Morgan fingerprint density at radius 1 is 1.12 bits per heavy atom. The maximum Gasteiger partial charge on any atom is 0.227 e. The fourth-order valence-electron chi connectivity index (χ4n) is 2.36. The molecule has 1 heterocycles. The minimum atomic E-state index is -0.326. The van der Waals surface area contributed by atoms with Gasteiger partial charge in [-0.25, -0.2) is 4.39 Å². The topological polar surface area (TPSA) is 71.3 Å². The molecule has 1 aromatic heterocycles. The molecule has 0 spiro atoms. The van der Waals surface area contributed by atoms with Gasteiger partial charge in [-0.2, -0.15) is 4.98 Å². The largest absolute Gasteiger partial charge is 0.378 e. The number of hydrogen-bond donors (Lipinski definition) is 1. The lowest BCUT2D eigenvalue weighted by Crippen LogP contribution is -2.13. The zero-order valence-corrected chi connectivity index (χ0v) is 14.6. The molecule has 26 heavy (non-hydrogen) atoms. The average molecular weight is 354 g/mol. The Bertz CT molecular complexity index is 873. The number of halogens is 1. The summed E-state index contributed by atoms with van der Waals surface area (Å²) in [5.41, 5.74) is 2.45. The predicted molar refractivity (Wildman–Crippen MR) is 97.4 cm³/mol. The molecule has 0 bridgehead atoms. The molecule has 3 aromatic rings. The van der Waals surface area contributed by atoms with E-state index in [1.54, 1.807) is 12.1 Å². The quantitative estimate of drug-likeness (QED) is 0.733. The SMILES string of the molecule is CN(C)c1ccc(NC(=O)CCc2nc(-c3ccc(F)cc3)no2)cc1. The number of benzene rings is 2. The molecule has 1 N–H and O–H groups in total. The molecule has 1 amide bonds. The number of anilines is 2. The predicted octanol–water partition coefficient (Wildman–Crippen LogP) is 3.51. The molecule has 0 unspecified atom stereocenters. The molecule has 0 radical (unpaired) electrons. The summed E-state index contributed by atoms with van der Waals surface area (Å²) in [6.07, 6.45) is 0.552. The highest BCUT2D eigenvalue weighted by Crippen LogP contribution is 2.18. The van der Waals surface area contributed by atoms with Crippen LogP contribution in [0.1, 0.15) is 12.3 Å². The Morgan fingerprint density at radius 2 is 1.81 bits per heavy atom. The maximum absolute atomic E-state index is 12.9. The summed E-state index contributed by atoms with van der Waals surface area (Å²) < 4.78 is 18.1. The molecule has 2 aromatic carbocycles. The Morgan fingerprint density at radius 3 is 2.46 bits per heavy atom. The van der Waals surface area contributed by atoms with Gasteiger partial charge in [0.05, 0.1) is 0 Å². The lowest BCUT2D eigenvalue weighted by atomic mass is 10.2. The van der Waals surface area contributed by atoms with Crippen molar-refractivity contribution in [2.24, 2.45) is 0 Å². The number of aryl methyl sites for hydroxylation is 1. The van der Waals surface area contributed by atoms with Gasteiger partial charge in [-0.05, 0) is 48.5 Å². The first-order chi connectivity index (χ1) is 12.5. The number of amides is 1. The van der Waals surface area contributed by atoms with Gasteiger partial charge in [-0.3, -0.25) is 4.79 Å². The first-order valence-electron chi connectivity index (χ1n) is 8.17. The summed E-state index contributed by atoms with van der Waals surface area (Å²) in [6, 6.07) is 13.4. The Kier molecular flexibility index (Phi) is 5.26. The van der Waals surface area contributed by atoms with Crippen LogP contribution in [0.4, 0.5) is 15.8 Å². The van der Waals surface area contributed by atoms with Gasteiger partial charge in [0.15, 0.2) is 0 Å². The molecule has 0 aliphatic heterocycles. The molecule has 6 nitrogen and oxygen atoms in total. The van der Waals surface area contributed by atoms with Crippen LogP contribution in [0.25, 0.3) is 11.4 Å². The first kappa shape index (κ1) is 17.6. The number of nitrogens with zero attached hydrogens (tertiary/aromatic N) is 3. The summed E-state index contributed by atoms with van der Waals surface area (Å²) in [4.78, 5) is 18.3. The van der Waals surface area contributed by atoms with Gasteiger partial charge in [0.25, 0.3) is 0 Å². The van der Waals surface area contributed by atoms with Crippen molar-refractivity contribution in [1.29, 1.82) is 0 Å². The van der Waals surface area contributed by atoms with Gasteiger partial charge in [0, 0.05) is 43.9 Å². The van der Waals surface area contributed by atoms with Crippen LogP contribution in [0.15, 0.2) is 53.1 Å². The van der Waals surface area contributed by atoms with Crippen LogP contribution in [0, 0.1) is 5.82 Å². The summed E-state index contributed by atoms with van der Waals surface area (Å²) in [6.45, 7) is 0. The van der Waals surface area contributed by atoms with E-state index in [9.17, 15) is 9.18 Å². The lowest BCUT2D eigenvalue weighted by Gasteiger charge is -2.12. The van der Waals surface area contributed by atoms with Crippen molar-refractivity contribution in [3.05, 3.63) is 60.2 Å². The maximum atomic E-state index is 12.9. The molecule has 0 saturated carbocycles. The number of nitrogens with one attached hydrogen (secondary N) is 1. The Balaban J connectivity index is 1.54. The van der Waals surface area contributed by atoms with Crippen molar-refractivity contribution in [3.63, 3.8) is 0 Å². The Hall–Kier alpha value is -3.22. The number of aromatic nitrogens is 2. The molecule has 0 aliphatic rings. The van der Waals surface area contributed by atoms with E-state index in [2.05, 4.69) is 15.5 Å². The second kappa shape index (κ2) is 7.77. The van der Waals surface area contributed by atoms with E-state index in [4.69, 9.17) is 4.52 Å². The average Bonchev–Trinajstić information content (AvgIpc) is 3.10. The summed E-state index contributed by atoms with van der Waals surface area (Å²) in [7, 11) is 3.91. The number of hydrogen-bond acceptors (Lipinski definition) is 5. The number of rotatable bonds is 6. The minimum Gasteiger partial charge on any atom is -0.378 e. The van der Waals surface area contributed by atoms with Crippen LogP contribution in [-0.2, 0) is 11.2 Å². The third kappa shape index (κ3) is 4.44. The molecule has 134 valence electrons. The lowest BCUT2D eigenvalue weighted by molar-refractivity contribution is -0.116. The summed E-state index contributed by atoms with van der Waals surface area (Å²) >= 11 is 0. The third-order valence-electron chi connectivity index (χ3n) is 3.80. The second-order valence-electron chi connectivity index (χ2n) is 6.01. The molecule has 7 heteroatoms. The summed E-state index contributed by atoms with van der Waals surface area (Å²) in [5.74, 6) is 0.277.